The van der Waals surface area contributed by atoms with Gasteiger partial charge in [0.25, 0.3) is 0 Å². The summed E-state index contributed by atoms with van der Waals surface area (Å²) in [5, 5.41) is 8.90. The fourth-order valence-electron chi connectivity index (χ4n) is 1.84. The number of nitriles is 1. The molecular formula is C14H7F4N. The minimum Gasteiger partial charge on any atom is -0.206 e. The SMILES string of the molecule is N#Cc1cccc(F)c1-c1ccccc1C(F)(F)F. The zero-order valence-corrected chi connectivity index (χ0v) is 9.50. The standard InChI is InChI=1S/C14H7F4N/c15-12-7-3-4-9(8-19)13(12)10-5-1-2-6-11(10)14(16,17)18/h1-7H. The maximum absolute atomic E-state index is 13.8. The Kier molecular flexibility index (Phi) is 3.26. The Morgan fingerprint density at radius 2 is 1.63 bits per heavy atom. The van der Waals surface area contributed by atoms with Crippen LogP contribution < -0.4 is 0 Å². The number of halogens is 4. The Bertz CT molecular complexity index is 653. The highest BCUT2D eigenvalue weighted by Crippen LogP contribution is 2.38. The van der Waals surface area contributed by atoms with E-state index in [-0.39, 0.29) is 16.7 Å². The average Bonchev–Trinajstić information content (AvgIpc) is 2.37. The molecule has 0 spiro atoms. The van der Waals surface area contributed by atoms with Gasteiger partial charge in [0.1, 0.15) is 5.82 Å². The van der Waals surface area contributed by atoms with E-state index in [9.17, 15) is 17.6 Å². The summed E-state index contributed by atoms with van der Waals surface area (Å²) >= 11 is 0. The summed E-state index contributed by atoms with van der Waals surface area (Å²) in [6, 6.07) is 9.92. The minimum atomic E-state index is -4.61. The molecule has 0 saturated heterocycles. The van der Waals surface area contributed by atoms with Crippen molar-refractivity contribution in [2.45, 2.75) is 6.18 Å². The lowest BCUT2D eigenvalue weighted by Crippen LogP contribution is -2.08. The summed E-state index contributed by atoms with van der Waals surface area (Å²) in [5.41, 5.74) is -1.74. The van der Waals surface area contributed by atoms with Crippen molar-refractivity contribution in [3.63, 3.8) is 0 Å². The van der Waals surface area contributed by atoms with E-state index in [4.69, 9.17) is 5.26 Å². The van der Waals surface area contributed by atoms with Gasteiger partial charge in [0.05, 0.1) is 17.2 Å². The first-order chi connectivity index (χ1) is 8.95. The van der Waals surface area contributed by atoms with Crippen LogP contribution in [0.4, 0.5) is 17.6 Å². The second kappa shape index (κ2) is 4.73. The summed E-state index contributed by atoms with van der Waals surface area (Å²) in [4.78, 5) is 0. The molecule has 0 N–H and O–H groups in total. The van der Waals surface area contributed by atoms with Crippen LogP contribution in [0, 0.1) is 17.1 Å². The van der Waals surface area contributed by atoms with E-state index in [2.05, 4.69) is 0 Å². The number of hydrogen-bond acceptors (Lipinski definition) is 1. The topological polar surface area (TPSA) is 23.8 Å². The van der Waals surface area contributed by atoms with Crippen LogP contribution in [0.1, 0.15) is 11.1 Å². The molecule has 0 bridgehead atoms. The summed E-state index contributed by atoms with van der Waals surface area (Å²) in [6.45, 7) is 0. The normalized spacial score (nSPS) is 11.1. The van der Waals surface area contributed by atoms with Crippen molar-refractivity contribution >= 4 is 0 Å². The monoisotopic (exact) mass is 265 g/mol. The molecule has 5 heteroatoms. The third-order valence-electron chi connectivity index (χ3n) is 2.64. The van der Waals surface area contributed by atoms with Crippen molar-refractivity contribution in [1.29, 1.82) is 5.26 Å². The van der Waals surface area contributed by atoms with E-state index in [0.29, 0.717) is 0 Å². The largest absolute Gasteiger partial charge is 0.417 e. The van der Waals surface area contributed by atoms with Gasteiger partial charge in [-0.1, -0.05) is 24.3 Å². The lowest BCUT2D eigenvalue weighted by atomic mass is 9.95. The Balaban J connectivity index is 2.78. The lowest BCUT2D eigenvalue weighted by molar-refractivity contribution is -0.137. The molecule has 19 heavy (non-hydrogen) atoms. The number of alkyl halides is 3. The number of hydrogen-bond donors (Lipinski definition) is 0. The fraction of sp³-hybridized carbons (Fsp3) is 0.0714. The van der Waals surface area contributed by atoms with Crippen LogP contribution in [0.5, 0.6) is 0 Å². The van der Waals surface area contributed by atoms with Gasteiger partial charge in [-0.25, -0.2) is 4.39 Å². The Morgan fingerprint density at radius 3 is 2.26 bits per heavy atom. The number of nitrogens with zero attached hydrogens (tertiary/aromatic N) is 1. The highest BCUT2D eigenvalue weighted by molar-refractivity contribution is 5.74. The maximum atomic E-state index is 13.8. The third-order valence-corrected chi connectivity index (χ3v) is 2.64. The van der Waals surface area contributed by atoms with Gasteiger partial charge in [-0.15, -0.1) is 0 Å². The maximum Gasteiger partial charge on any atom is 0.417 e. The zero-order chi connectivity index (χ0) is 14.0. The van der Waals surface area contributed by atoms with Crippen LogP contribution >= 0.6 is 0 Å². The van der Waals surface area contributed by atoms with Crippen LogP contribution in [-0.4, -0.2) is 0 Å². The van der Waals surface area contributed by atoms with Crippen molar-refractivity contribution in [3.8, 4) is 17.2 Å². The van der Waals surface area contributed by atoms with Gasteiger partial charge in [-0.05, 0) is 23.8 Å². The van der Waals surface area contributed by atoms with Gasteiger partial charge in [0.15, 0.2) is 0 Å². The van der Waals surface area contributed by atoms with Crippen molar-refractivity contribution in [3.05, 3.63) is 59.4 Å². The Labute approximate surface area is 106 Å². The molecule has 0 fully saturated rings. The number of benzene rings is 2. The van der Waals surface area contributed by atoms with E-state index in [1.165, 1.54) is 24.3 Å². The molecule has 2 aromatic carbocycles. The van der Waals surface area contributed by atoms with Crippen LogP contribution in [0.3, 0.4) is 0 Å². The molecule has 0 aliphatic rings. The second-order valence-electron chi connectivity index (χ2n) is 3.82. The van der Waals surface area contributed by atoms with Crippen molar-refractivity contribution in [2.24, 2.45) is 0 Å². The van der Waals surface area contributed by atoms with Crippen molar-refractivity contribution < 1.29 is 17.6 Å². The molecule has 0 aliphatic heterocycles. The smallest absolute Gasteiger partial charge is 0.206 e. The van der Waals surface area contributed by atoms with Gasteiger partial charge < -0.3 is 0 Å². The van der Waals surface area contributed by atoms with Crippen molar-refractivity contribution in [1.82, 2.24) is 0 Å². The van der Waals surface area contributed by atoms with Crippen LogP contribution in [0.2, 0.25) is 0 Å². The van der Waals surface area contributed by atoms with Crippen LogP contribution in [-0.2, 0) is 6.18 Å². The third kappa shape index (κ3) is 2.43. The van der Waals surface area contributed by atoms with Crippen molar-refractivity contribution in [2.75, 3.05) is 0 Å². The second-order valence-corrected chi connectivity index (χ2v) is 3.82. The van der Waals surface area contributed by atoms with E-state index in [1.807, 2.05) is 0 Å². The molecule has 2 rings (SSSR count). The fourth-order valence-corrected chi connectivity index (χ4v) is 1.84. The molecule has 0 unspecified atom stereocenters. The molecule has 0 aliphatic carbocycles. The summed E-state index contributed by atoms with van der Waals surface area (Å²) in [6.07, 6.45) is -4.61. The van der Waals surface area contributed by atoms with Gasteiger partial charge >= 0.3 is 6.18 Å². The molecule has 2 aromatic rings. The van der Waals surface area contributed by atoms with Gasteiger partial charge in [-0.2, -0.15) is 18.4 Å². The van der Waals surface area contributed by atoms with Crippen LogP contribution in [0.25, 0.3) is 11.1 Å². The molecule has 0 radical (unpaired) electrons. The Morgan fingerprint density at radius 1 is 0.947 bits per heavy atom. The molecule has 0 aromatic heterocycles. The molecule has 1 nitrogen and oxygen atoms in total. The summed E-state index contributed by atoms with van der Waals surface area (Å²) in [5.74, 6) is -0.851. The highest BCUT2D eigenvalue weighted by Gasteiger charge is 2.34. The molecular weight excluding hydrogens is 258 g/mol. The average molecular weight is 265 g/mol. The van der Waals surface area contributed by atoms with Gasteiger partial charge in [0.2, 0.25) is 0 Å². The van der Waals surface area contributed by atoms with Gasteiger partial charge in [0, 0.05) is 5.56 Å². The van der Waals surface area contributed by atoms with E-state index < -0.39 is 17.6 Å². The summed E-state index contributed by atoms with van der Waals surface area (Å²) in [7, 11) is 0. The highest BCUT2D eigenvalue weighted by atomic mass is 19.4. The quantitative estimate of drug-likeness (QED) is 0.702. The minimum absolute atomic E-state index is 0.128. The molecule has 0 saturated carbocycles. The molecule has 0 amide bonds. The first kappa shape index (κ1) is 13.1. The predicted octanol–water partition coefficient (Wildman–Crippen LogP) is 4.38. The Hall–Kier alpha value is -2.35. The van der Waals surface area contributed by atoms with E-state index >= 15 is 0 Å². The van der Waals surface area contributed by atoms with Gasteiger partial charge in [-0.3, -0.25) is 0 Å². The first-order valence-electron chi connectivity index (χ1n) is 5.30. The lowest BCUT2D eigenvalue weighted by Gasteiger charge is -2.14. The zero-order valence-electron chi connectivity index (χ0n) is 9.50. The number of rotatable bonds is 1. The predicted molar refractivity (Wildman–Crippen MR) is 61.6 cm³/mol. The molecule has 96 valence electrons. The summed E-state index contributed by atoms with van der Waals surface area (Å²) < 4.78 is 52.5. The first-order valence-corrected chi connectivity index (χ1v) is 5.30. The van der Waals surface area contributed by atoms with E-state index in [0.717, 1.165) is 18.2 Å². The van der Waals surface area contributed by atoms with E-state index in [1.54, 1.807) is 6.07 Å². The molecule has 0 atom stereocenters. The molecule has 0 heterocycles. The van der Waals surface area contributed by atoms with Crippen LogP contribution in [0.15, 0.2) is 42.5 Å².